The fourth-order valence-corrected chi connectivity index (χ4v) is 4.53. The molecule has 1 aromatic carbocycles. The highest BCUT2D eigenvalue weighted by Crippen LogP contribution is 2.39. The standard InChI is InChI=1S/C23H21N5O2/c24-11-13-3-1-4-14(9-13)21-26-12-15-5-6-16-18(22(29)30)17(10-23(25)7-2-8-23)27-20(16)19(15)28-21/h1,3-4,9,12,27H,2,5-8,10,25H2,(H,29,30). The summed E-state index contributed by atoms with van der Waals surface area (Å²) in [6.45, 7) is 0. The van der Waals surface area contributed by atoms with Crippen molar-refractivity contribution < 1.29 is 9.90 Å². The van der Waals surface area contributed by atoms with E-state index in [1.54, 1.807) is 24.4 Å². The first-order chi connectivity index (χ1) is 14.5. The number of nitriles is 1. The van der Waals surface area contributed by atoms with Gasteiger partial charge in [-0.1, -0.05) is 12.1 Å². The van der Waals surface area contributed by atoms with E-state index in [-0.39, 0.29) is 5.54 Å². The van der Waals surface area contributed by atoms with Crippen molar-refractivity contribution in [3.05, 3.63) is 58.4 Å². The first-order valence-corrected chi connectivity index (χ1v) is 10.1. The van der Waals surface area contributed by atoms with Crippen molar-refractivity contribution >= 4 is 5.97 Å². The van der Waals surface area contributed by atoms with Crippen molar-refractivity contribution in [1.29, 1.82) is 5.26 Å². The first-order valence-electron chi connectivity index (χ1n) is 10.1. The summed E-state index contributed by atoms with van der Waals surface area (Å²) in [5.41, 5.74) is 11.7. The molecular weight excluding hydrogens is 378 g/mol. The highest BCUT2D eigenvalue weighted by Gasteiger charge is 2.36. The Morgan fingerprint density at radius 2 is 2.17 bits per heavy atom. The lowest BCUT2D eigenvalue weighted by atomic mass is 9.74. The van der Waals surface area contributed by atoms with Gasteiger partial charge >= 0.3 is 5.97 Å². The molecule has 1 saturated carbocycles. The topological polar surface area (TPSA) is 129 Å². The van der Waals surface area contributed by atoms with Crippen LogP contribution in [0, 0.1) is 11.3 Å². The van der Waals surface area contributed by atoms with E-state index in [1.165, 1.54) is 0 Å². The number of carboxylic acids is 1. The van der Waals surface area contributed by atoms with Gasteiger partial charge in [0.1, 0.15) is 0 Å². The predicted octanol–water partition coefficient (Wildman–Crippen LogP) is 3.23. The number of aromatic carboxylic acids is 1. The number of carbonyl (C=O) groups is 1. The zero-order valence-corrected chi connectivity index (χ0v) is 16.4. The van der Waals surface area contributed by atoms with E-state index in [4.69, 9.17) is 10.7 Å². The van der Waals surface area contributed by atoms with Gasteiger partial charge < -0.3 is 15.8 Å². The van der Waals surface area contributed by atoms with Crippen LogP contribution in [-0.2, 0) is 19.3 Å². The van der Waals surface area contributed by atoms with Crippen molar-refractivity contribution in [2.45, 2.75) is 44.1 Å². The van der Waals surface area contributed by atoms with Gasteiger partial charge in [-0.3, -0.25) is 0 Å². The first kappa shape index (κ1) is 18.5. The summed E-state index contributed by atoms with van der Waals surface area (Å²) in [7, 11) is 0. The fourth-order valence-electron chi connectivity index (χ4n) is 4.53. The van der Waals surface area contributed by atoms with E-state index in [0.29, 0.717) is 41.9 Å². The van der Waals surface area contributed by atoms with E-state index in [1.807, 2.05) is 6.07 Å². The van der Waals surface area contributed by atoms with Crippen LogP contribution in [-0.4, -0.2) is 31.6 Å². The van der Waals surface area contributed by atoms with Gasteiger partial charge in [0.15, 0.2) is 5.82 Å². The number of aryl methyl sites for hydroxylation is 1. The Bertz CT molecular complexity index is 1220. The van der Waals surface area contributed by atoms with E-state index >= 15 is 0 Å². The third-order valence-electron chi connectivity index (χ3n) is 6.27. The lowest BCUT2D eigenvalue weighted by Crippen LogP contribution is -2.48. The molecule has 7 nitrogen and oxygen atoms in total. The molecule has 0 amide bonds. The highest BCUT2D eigenvalue weighted by molar-refractivity contribution is 5.94. The Kier molecular flexibility index (Phi) is 4.19. The molecule has 2 heterocycles. The number of H-pyrrole nitrogens is 1. The molecule has 0 aliphatic heterocycles. The van der Waals surface area contributed by atoms with Crippen molar-refractivity contribution in [2.75, 3.05) is 0 Å². The molecule has 150 valence electrons. The number of hydrogen-bond donors (Lipinski definition) is 3. The van der Waals surface area contributed by atoms with Crippen LogP contribution < -0.4 is 5.73 Å². The molecule has 7 heteroatoms. The van der Waals surface area contributed by atoms with Crippen molar-refractivity contribution in [1.82, 2.24) is 15.0 Å². The number of fused-ring (bicyclic) bond motifs is 3. The van der Waals surface area contributed by atoms with Crippen molar-refractivity contribution in [3.8, 4) is 28.8 Å². The maximum atomic E-state index is 12.1. The van der Waals surface area contributed by atoms with Gasteiger partial charge in [0.05, 0.1) is 28.6 Å². The van der Waals surface area contributed by atoms with Crippen LogP contribution >= 0.6 is 0 Å². The summed E-state index contributed by atoms with van der Waals surface area (Å²) in [6, 6.07) is 9.29. The molecular formula is C23H21N5O2. The maximum absolute atomic E-state index is 12.1. The predicted molar refractivity (Wildman–Crippen MR) is 111 cm³/mol. The third-order valence-corrected chi connectivity index (χ3v) is 6.27. The van der Waals surface area contributed by atoms with Gasteiger partial charge in [-0.25, -0.2) is 14.8 Å². The largest absolute Gasteiger partial charge is 0.478 e. The van der Waals surface area contributed by atoms with Crippen LogP contribution in [0.4, 0.5) is 0 Å². The minimum atomic E-state index is -0.926. The lowest BCUT2D eigenvalue weighted by Gasteiger charge is -2.38. The minimum Gasteiger partial charge on any atom is -0.478 e. The summed E-state index contributed by atoms with van der Waals surface area (Å²) in [4.78, 5) is 24.7. The van der Waals surface area contributed by atoms with Crippen LogP contribution in [0.5, 0.6) is 0 Å². The Labute approximate surface area is 173 Å². The Balaban J connectivity index is 1.62. The molecule has 0 unspecified atom stereocenters. The van der Waals surface area contributed by atoms with Gasteiger partial charge in [-0.05, 0) is 55.4 Å². The maximum Gasteiger partial charge on any atom is 0.337 e. The molecule has 2 aliphatic rings. The summed E-state index contributed by atoms with van der Waals surface area (Å²) in [6.07, 6.45) is 6.55. The number of hydrogen-bond acceptors (Lipinski definition) is 5. The van der Waals surface area contributed by atoms with E-state index in [2.05, 4.69) is 16.0 Å². The molecule has 4 N–H and O–H groups in total. The second kappa shape index (κ2) is 6.78. The zero-order valence-electron chi connectivity index (χ0n) is 16.4. The molecule has 0 radical (unpaired) electrons. The van der Waals surface area contributed by atoms with Crippen LogP contribution in [0.1, 0.15) is 52.0 Å². The normalized spacial score (nSPS) is 16.1. The third kappa shape index (κ3) is 2.97. The number of nitrogens with two attached hydrogens (primary N) is 1. The van der Waals surface area contributed by atoms with Gasteiger partial charge in [0.25, 0.3) is 0 Å². The smallest absolute Gasteiger partial charge is 0.337 e. The second-order valence-corrected chi connectivity index (χ2v) is 8.29. The number of aromatic amines is 1. The average Bonchev–Trinajstić information content (AvgIpc) is 3.10. The summed E-state index contributed by atoms with van der Waals surface area (Å²) in [5.74, 6) is -0.411. The van der Waals surface area contributed by atoms with E-state index in [0.717, 1.165) is 47.3 Å². The number of benzene rings is 1. The van der Waals surface area contributed by atoms with Gasteiger partial charge in [-0.15, -0.1) is 0 Å². The van der Waals surface area contributed by atoms with E-state index < -0.39 is 5.97 Å². The molecule has 5 rings (SSSR count). The number of rotatable bonds is 4. The number of aromatic nitrogens is 3. The molecule has 3 aromatic rings. The molecule has 2 aromatic heterocycles. The molecule has 0 atom stereocenters. The highest BCUT2D eigenvalue weighted by atomic mass is 16.4. The lowest BCUT2D eigenvalue weighted by molar-refractivity contribution is 0.0694. The molecule has 0 bridgehead atoms. The van der Waals surface area contributed by atoms with Crippen LogP contribution in [0.15, 0.2) is 30.5 Å². The summed E-state index contributed by atoms with van der Waals surface area (Å²) >= 11 is 0. The molecule has 30 heavy (non-hydrogen) atoms. The van der Waals surface area contributed by atoms with Crippen LogP contribution in [0.3, 0.4) is 0 Å². The fraction of sp³-hybridized carbons (Fsp3) is 0.304. The monoisotopic (exact) mass is 399 g/mol. The Hall–Kier alpha value is -3.50. The molecule has 2 aliphatic carbocycles. The Morgan fingerprint density at radius 1 is 1.33 bits per heavy atom. The molecule has 0 saturated heterocycles. The minimum absolute atomic E-state index is 0.324. The number of nitrogens with one attached hydrogen (secondary N) is 1. The van der Waals surface area contributed by atoms with Crippen LogP contribution in [0.2, 0.25) is 0 Å². The SMILES string of the molecule is N#Cc1cccc(-c2ncc3c(n2)-c2[nH]c(CC4(N)CCC4)c(C(=O)O)c2CC3)c1. The van der Waals surface area contributed by atoms with Crippen LogP contribution in [0.25, 0.3) is 22.8 Å². The Morgan fingerprint density at radius 3 is 2.87 bits per heavy atom. The molecule has 0 spiro atoms. The van der Waals surface area contributed by atoms with Gasteiger partial charge in [0.2, 0.25) is 0 Å². The van der Waals surface area contributed by atoms with Crippen molar-refractivity contribution in [3.63, 3.8) is 0 Å². The zero-order chi connectivity index (χ0) is 20.9. The van der Waals surface area contributed by atoms with E-state index in [9.17, 15) is 15.2 Å². The second-order valence-electron chi connectivity index (χ2n) is 8.29. The number of carboxylic acid groups (broad SMARTS) is 1. The number of nitrogens with zero attached hydrogens (tertiary/aromatic N) is 3. The quantitative estimate of drug-likeness (QED) is 0.618. The molecule has 1 fully saturated rings. The van der Waals surface area contributed by atoms with Gasteiger partial charge in [-0.2, -0.15) is 5.26 Å². The van der Waals surface area contributed by atoms with Gasteiger partial charge in [0, 0.05) is 29.4 Å². The summed E-state index contributed by atoms with van der Waals surface area (Å²) in [5, 5.41) is 19.1. The average molecular weight is 399 g/mol. The van der Waals surface area contributed by atoms with Crippen molar-refractivity contribution in [2.24, 2.45) is 5.73 Å². The summed E-state index contributed by atoms with van der Waals surface area (Å²) < 4.78 is 0.